The second kappa shape index (κ2) is 6.00. The fraction of sp³-hybridized carbons (Fsp3) is 0.833. The van der Waals surface area contributed by atoms with E-state index in [1.165, 1.54) is 6.92 Å². The van der Waals surface area contributed by atoms with Crippen molar-refractivity contribution in [3.05, 3.63) is 0 Å². The first kappa shape index (κ1) is 14.0. The third kappa shape index (κ3) is 3.43. The van der Waals surface area contributed by atoms with Crippen LogP contribution in [0.1, 0.15) is 27.2 Å². The van der Waals surface area contributed by atoms with Crippen LogP contribution in [0.3, 0.4) is 0 Å². The van der Waals surface area contributed by atoms with Gasteiger partial charge in [0.25, 0.3) is 5.91 Å². The quantitative estimate of drug-likeness (QED) is 0.762. The van der Waals surface area contributed by atoms with Gasteiger partial charge in [0.2, 0.25) is 5.91 Å². The minimum atomic E-state index is -0.952. The molecule has 17 heavy (non-hydrogen) atoms. The summed E-state index contributed by atoms with van der Waals surface area (Å²) in [5, 5.41) is 9.20. The van der Waals surface area contributed by atoms with Crippen molar-refractivity contribution in [2.24, 2.45) is 5.92 Å². The topological polar surface area (TPSA) is 60.9 Å². The molecule has 0 aliphatic carbocycles. The zero-order valence-corrected chi connectivity index (χ0v) is 10.8. The maximum Gasteiger partial charge on any atom is 0.251 e. The van der Waals surface area contributed by atoms with Crippen LogP contribution in [-0.2, 0) is 9.59 Å². The van der Waals surface area contributed by atoms with Gasteiger partial charge >= 0.3 is 0 Å². The first-order valence-corrected chi connectivity index (χ1v) is 6.23. The van der Waals surface area contributed by atoms with Gasteiger partial charge in [0.05, 0.1) is 0 Å². The molecule has 1 N–H and O–H groups in total. The molecule has 1 fully saturated rings. The van der Waals surface area contributed by atoms with E-state index in [1.807, 2.05) is 13.8 Å². The van der Waals surface area contributed by atoms with Crippen LogP contribution in [0.25, 0.3) is 0 Å². The first-order valence-electron chi connectivity index (χ1n) is 6.23. The van der Waals surface area contributed by atoms with Gasteiger partial charge in [0.15, 0.2) is 0 Å². The molecule has 1 aliphatic rings. The molecule has 1 saturated heterocycles. The normalized spacial score (nSPS) is 20.0. The number of amides is 2. The number of carbonyl (C=O) groups is 2. The van der Waals surface area contributed by atoms with E-state index < -0.39 is 6.10 Å². The number of nitrogens with zero attached hydrogens (tertiary/aromatic N) is 2. The Balaban J connectivity index is 2.46. The number of aliphatic hydroxyl groups is 1. The lowest BCUT2D eigenvalue weighted by Gasteiger charge is -2.36. The monoisotopic (exact) mass is 242 g/mol. The fourth-order valence-electron chi connectivity index (χ4n) is 1.90. The minimum absolute atomic E-state index is 0.0500. The van der Waals surface area contributed by atoms with Crippen molar-refractivity contribution in [1.82, 2.24) is 9.80 Å². The van der Waals surface area contributed by atoms with E-state index in [0.29, 0.717) is 26.2 Å². The van der Waals surface area contributed by atoms with Crippen molar-refractivity contribution < 1.29 is 14.7 Å². The highest BCUT2D eigenvalue weighted by molar-refractivity contribution is 5.81. The van der Waals surface area contributed by atoms with Gasteiger partial charge in [-0.05, 0) is 13.3 Å². The predicted octanol–water partition coefficient (Wildman–Crippen LogP) is 0.0841. The highest BCUT2D eigenvalue weighted by Gasteiger charge is 2.27. The number of aliphatic hydroxyl groups excluding tert-OH is 1. The summed E-state index contributed by atoms with van der Waals surface area (Å²) < 4.78 is 0. The Labute approximate surface area is 102 Å². The van der Waals surface area contributed by atoms with Crippen molar-refractivity contribution >= 4 is 11.8 Å². The molecule has 0 unspecified atom stereocenters. The zero-order valence-electron chi connectivity index (χ0n) is 10.8. The molecular formula is C12H22N2O3. The molecule has 0 aromatic heterocycles. The molecule has 1 aliphatic heterocycles. The molecular weight excluding hydrogens is 220 g/mol. The van der Waals surface area contributed by atoms with Gasteiger partial charge in [0, 0.05) is 32.1 Å². The summed E-state index contributed by atoms with van der Waals surface area (Å²) in [5.74, 6) is -0.0358. The third-order valence-corrected chi connectivity index (χ3v) is 3.29. The van der Waals surface area contributed by atoms with E-state index in [1.54, 1.807) is 9.80 Å². The number of rotatable bonds is 3. The zero-order chi connectivity index (χ0) is 13.0. The highest BCUT2D eigenvalue weighted by Crippen LogP contribution is 2.10. The van der Waals surface area contributed by atoms with Gasteiger partial charge in [-0.1, -0.05) is 13.8 Å². The summed E-state index contributed by atoms with van der Waals surface area (Å²) in [6.45, 7) is 7.57. The van der Waals surface area contributed by atoms with Crippen molar-refractivity contribution in [3.63, 3.8) is 0 Å². The maximum absolute atomic E-state index is 11.9. The van der Waals surface area contributed by atoms with Crippen molar-refractivity contribution in [2.75, 3.05) is 26.2 Å². The second-order valence-electron chi connectivity index (χ2n) is 4.64. The van der Waals surface area contributed by atoms with Gasteiger partial charge in [0.1, 0.15) is 6.10 Å². The van der Waals surface area contributed by atoms with E-state index in [-0.39, 0.29) is 17.7 Å². The summed E-state index contributed by atoms with van der Waals surface area (Å²) in [4.78, 5) is 26.9. The van der Waals surface area contributed by atoms with Crippen LogP contribution in [0.4, 0.5) is 0 Å². The van der Waals surface area contributed by atoms with E-state index in [2.05, 4.69) is 0 Å². The molecule has 0 spiro atoms. The molecule has 0 radical (unpaired) electrons. The van der Waals surface area contributed by atoms with Crippen molar-refractivity contribution in [1.29, 1.82) is 0 Å². The number of carbonyl (C=O) groups excluding carboxylic acids is 2. The molecule has 1 rings (SSSR count). The van der Waals surface area contributed by atoms with Gasteiger partial charge in [-0.2, -0.15) is 0 Å². The van der Waals surface area contributed by atoms with E-state index in [9.17, 15) is 14.7 Å². The Morgan fingerprint density at radius 1 is 1.06 bits per heavy atom. The summed E-state index contributed by atoms with van der Waals surface area (Å²) in [7, 11) is 0. The third-order valence-electron chi connectivity index (χ3n) is 3.29. The fourth-order valence-corrected chi connectivity index (χ4v) is 1.90. The summed E-state index contributed by atoms with van der Waals surface area (Å²) in [6.07, 6.45) is -0.113. The Bertz CT molecular complexity index is 283. The minimum Gasteiger partial charge on any atom is -0.384 e. The van der Waals surface area contributed by atoms with Gasteiger partial charge < -0.3 is 14.9 Å². The van der Waals surface area contributed by atoms with Crippen LogP contribution in [-0.4, -0.2) is 59.0 Å². The van der Waals surface area contributed by atoms with Crippen LogP contribution in [0.2, 0.25) is 0 Å². The standard InChI is InChI=1S/C12H22N2O3/c1-4-9(2)11(16)13-5-7-14(8-6-13)12(17)10(3)15/h9-10,15H,4-8H2,1-3H3/t9-,10+/m1/s1. The van der Waals surface area contributed by atoms with Gasteiger partial charge in [-0.25, -0.2) is 0 Å². The van der Waals surface area contributed by atoms with Gasteiger partial charge in [-0.15, -0.1) is 0 Å². The lowest BCUT2D eigenvalue weighted by atomic mass is 10.1. The smallest absolute Gasteiger partial charge is 0.251 e. The van der Waals surface area contributed by atoms with Crippen molar-refractivity contribution in [2.45, 2.75) is 33.3 Å². The number of hydrogen-bond donors (Lipinski definition) is 1. The molecule has 5 heteroatoms. The van der Waals surface area contributed by atoms with Crippen LogP contribution < -0.4 is 0 Å². The Morgan fingerprint density at radius 3 is 1.82 bits per heavy atom. The molecule has 0 saturated carbocycles. The van der Waals surface area contributed by atoms with E-state index in [4.69, 9.17) is 0 Å². The van der Waals surface area contributed by atoms with E-state index >= 15 is 0 Å². The molecule has 0 aromatic rings. The van der Waals surface area contributed by atoms with Crippen LogP contribution in [0, 0.1) is 5.92 Å². The Morgan fingerprint density at radius 2 is 1.47 bits per heavy atom. The van der Waals surface area contributed by atoms with Crippen molar-refractivity contribution in [3.8, 4) is 0 Å². The number of piperazine rings is 1. The average Bonchev–Trinajstić information content (AvgIpc) is 2.36. The Hall–Kier alpha value is -1.10. The molecule has 1 heterocycles. The summed E-state index contributed by atoms with van der Waals surface area (Å²) in [5.41, 5.74) is 0. The molecule has 98 valence electrons. The molecule has 0 aromatic carbocycles. The molecule has 0 bridgehead atoms. The lowest BCUT2D eigenvalue weighted by molar-refractivity contribution is -0.146. The number of hydrogen-bond acceptors (Lipinski definition) is 3. The summed E-state index contributed by atoms with van der Waals surface area (Å²) >= 11 is 0. The maximum atomic E-state index is 11.9. The van der Waals surface area contributed by atoms with Crippen LogP contribution in [0.5, 0.6) is 0 Å². The Kier molecular flexibility index (Phi) is 4.93. The lowest BCUT2D eigenvalue weighted by Crippen LogP contribution is -2.53. The summed E-state index contributed by atoms with van der Waals surface area (Å²) in [6, 6.07) is 0. The average molecular weight is 242 g/mol. The predicted molar refractivity (Wildman–Crippen MR) is 64.3 cm³/mol. The highest BCUT2D eigenvalue weighted by atomic mass is 16.3. The van der Waals surface area contributed by atoms with Gasteiger partial charge in [-0.3, -0.25) is 9.59 Å². The largest absolute Gasteiger partial charge is 0.384 e. The second-order valence-corrected chi connectivity index (χ2v) is 4.64. The first-order chi connectivity index (χ1) is 7.97. The van der Waals surface area contributed by atoms with E-state index in [0.717, 1.165) is 6.42 Å². The molecule has 5 nitrogen and oxygen atoms in total. The molecule has 2 atom stereocenters. The van der Waals surface area contributed by atoms with Crippen LogP contribution >= 0.6 is 0 Å². The molecule has 2 amide bonds. The SMILES string of the molecule is CC[C@@H](C)C(=O)N1CCN(C(=O)[C@H](C)O)CC1. The van der Waals surface area contributed by atoms with Crippen LogP contribution in [0.15, 0.2) is 0 Å².